The molecule has 0 radical (unpaired) electrons. The smallest absolute Gasteiger partial charge is 0.315 e. The van der Waals surface area contributed by atoms with Crippen molar-refractivity contribution in [2.24, 2.45) is 5.92 Å². The average molecular weight is 427 g/mol. The minimum absolute atomic E-state index is 0.0310. The molecule has 29 heavy (non-hydrogen) atoms. The van der Waals surface area contributed by atoms with Crippen LogP contribution < -0.4 is 4.74 Å². The Kier molecular flexibility index (Phi) is 6.26. The molecule has 6 heteroatoms. The fraction of sp³-hybridized carbons (Fsp3) is 0.304. The molecule has 0 saturated heterocycles. The zero-order chi connectivity index (χ0) is 20.2. The SMILES string of the molecule is Cc1nn(-c2ccccc2)c(OC(=O)C2CCCCC2)c1Sc1ccc(Cl)cc1. The van der Waals surface area contributed by atoms with Crippen molar-refractivity contribution in [2.75, 3.05) is 0 Å². The number of halogens is 1. The highest BCUT2D eigenvalue weighted by atomic mass is 35.5. The Morgan fingerprint density at radius 2 is 1.76 bits per heavy atom. The van der Waals surface area contributed by atoms with E-state index in [0.29, 0.717) is 10.9 Å². The van der Waals surface area contributed by atoms with Gasteiger partial charge in [-0.3, -0.25) is 4.79 Å². The number of aromatic nitrogens is 2. The molecule has 4 nitrogen and oxygen atoms in total. The van der Waals surface area contributed by atoms with Gasteiger partial charge in [0.2, 0.25) is 5.88 Å². The highest BCUT2D eigenvalue weighted by molar-refractivity contribution is 7.99. The molecular weight excluding hydrogens is 404 g/mol. The summed E-state index contributed by atoms with van der Waals surface area (Å²) in [6, 6.07) is 17.4. The predicted octanol–water partition coefficient (Wildman–Crippen LogP) is 6.47. The lowest BCUT2D eigenvalue weighted by Crippen LogP contribution is -2.24. The molecule has 1 saturated carbocycles. The Bertz CT molecular complexity index is 980. The zero-order valence-corrected chi connectivity index (χ0v) is 17.9. The molecule has 4 rings (SSSR count). The predicted molar refractivity (Wildman–Crippen MR) is 116 cm³/mol. The number of esters is 1. The summed E-state index contributed by atoms with van der Waals surface area (Å²) >= 11 is 7.56. The minimum Gasteiger partial charge on any atom is -0.406 e. The van der Waals surface area contributed by atoms with Gasteiger partial charge in [-0.15, -0.1) is 0 Å². The monoisotopic (exact) mass is 426 g/mol. The average Bonchev–Trinajstić information content (AvgIpc) is 3.06. The van der Waals surface area contributed by atoms with Crippen LogP contribution in [0.5, 0.6) is 5.88 Å². The van der Waals surface area contributed by atoms with Crippen molar-refractivity contribution >= 4 is 29.3 Å². The lowest BCUT2D eigenvalue weighted by Gasteiger charge is -2.20. The number of aryl methyl sites for hydroxylation is 1. The van der Waals surface area contributed by atoms with Crippen LogP contribution in [-0.4, -0.2) is 15.7 Å². The van der Waals surface area contributed by atoms with Crippen LogP contribution in [0.3, 0.4) is 0 Å². The van der Waals surface area contributed by atoms with Gasteiger partial charge >= 0.3 is 5.97 Å². The summed E-state index contributed by atoms with van der Waals surface area (Å²) in [6.45, 7) is 1.94. The molecule has 1 fully saturated rings. The highest BCUT2D eigenvalue weighted by Crippen LogP contribution is 2.40. The van der Waals surface area contributed by atoms with Gasteiger partial charge in [0.1, 0.15) is 0 Å². The summed E-state index contributed by atoms with van der Waals surface area (Å²) in [4.78, 5) is 14.8. The Morgan fingerprint density at radius 3 is 2.45 bits per heavy atom. The van der Waals surface area contributed by atoms with E-state index in [0.717, 1.165) is 46.9 Å². The number of hydrogen-bond acceptors (Lipinski definition) is 4. The van der Waals surface area contributed by atoms with E-state index < -0.39 is 0 Å². The Hall–Kier alpha value is -2.24. The third kappa shape index (κ3) is 4.68. The number of nitrogens with zero attached hydrogens (tertiary/aromatic N) is 2. The Morgan fingerprint density at radius 1 is 1.07 bits per heavy atom. The summed E-state index contributed by atoms with van der Waals surface area (Å²) in [6.07, 6.45) is 5.17. The van der Waals surface area contributed by atoms with E-state index in [1.165, 1.54) is 18.2 Å². The second kappa shape index (κ2) is 9.06. The van der Waals surface area contributed by atoms with Gasteiger partial charge in [-0.25, -0.2) is 0 Å². The first-order valence-electron chi connectivity index (χ1n) is 9.92. The largest absolute Gasteiger partial charge is 0.406 e. The molecular formula is C23H23ClN2O2S. The number of benzene rings is 2. The van der Waals surface area contributed by atoms with Crippen LogP contribution in [0.2, 0.25) is 5.02 Å². The molecule has 0 atom stereocenters. The fourth-order valence-electron chi connectivity index (χ4n) is 3.58. The van der Waals surface area contributed by atoms with Gasteiger partial charge in [-0.1, -0.05) is 60.8 Å². The lowest BCUT2D eigenvalue weighted by atomic mass is 9.89. The molecule has 0 bridgehead atoms. The Balaban J connectivity index is 1.70. The summed E-state index contributed by atoms with van der Waals surface area (Å²) < 4.78 is 7.73. The van der Waals surface area contributed by atoms with Crippen LogP contribution in [0, 0.1) is 12.8 Å². The van der Waals surface area contributed by atoms with Crippen molar-refractivity contribution in [3.05, 3.63) is 65.3 Å². The van der Waals surface area contributed by atoms with Crippen molar-refractivity contribution in [3.8, 4) is 11.6 Å². The fourth-order valence-corrected chi connectivity index (χ4v) is 4.62. The highest BCUT2D eigenvalue weighted by Gasteiger charge is 2.27. The molecule has 0 spiro atoms. The van der Waals surface area contributed by atoms with E-state index in [1.807, 2.05) is 61.5 Å². The number of rotatable bonds is 5. The topological polar surface area (TPSA) is 44.1 Å². The van der Waals surface area contributed by atoms with Gasteiger partial charge < -0.3 is 4.74 Å². The van der Waals surface area contributed by atoms with Gasteiger partial charge in [0.25, 0.3) is 0 Å². The molecule has 150 valence electrons. The van der Waals surface area contributed by atoms with Crippen LogP contribution in [0.15, 0.2) is 64.4 Å². The molecule has 0 unspecified atom stereocenters. The quantitative estimate of drug-likeness (QED) is 0.438. The maximum atomic E-state index is 12.9. The Labute approximate surface area is 180 Å². The van der Waals surface area contributed by atoms with Gasteiger partial charge in [-0.05, 0) is 56.2 Å². The number of carbonyl (C=O) groups excluding carboxylic acids is 1. The van der Waals surface area contributed by atoms with E-state index in [9.17, 15) is 4.79 Å². The van der Waals surface area contributed by atoms with Crippen LogP contribution in [-0.2, 0) is 4.79 Å². The molecule has 1 aromatic heterocycles. The van der Waals surface area contributed by atoms with Crippen LogP contribution in [0.4, 0.5) is 0 Å². The maximum absolute atomic E-state index is 12.9. The van der Waals surface area contributed by atoms with Gasteiger partial charge in [-0.2, -0.15) is 9.78 Å². The standard InChI is InChI=1S/C23H23ClN2O2S/c1-16-21(29-20-14-12-18(24)13-15-20)22(26(25-16)19-10-6-3-7-11-19)28-23(27)17-8-4-2-5-9-17/h3,6-7,10-15,17H,2,4-5,8-9H2,1H3. The third-order valence-electron chi connectivity index (χ3n) is 5.14. The number of ether oxygens (including phenoxy) is 1. The van der Waals surface area contributed by atoms with Gasteiger partial charge in [0, 0.05) is 9.92 Å². The molecule has 1 aliphatic carbocycles. The normalized spacial score (nSPS) is 14.7. The molecule has 1 heterocycles. The molecule has 3 aromatic rings. The van der Waals surface area contributed by atoms with Crippen molar-refractivity contribution in [1.82, 2.24) is 9.78 Å². The molecule has 0 aliphatic heterocycles. The number of hydrogen-bond donors (Lipinski definition) is 0. The van der Waals surface area contributed by atoms with E-state index in [-0.39, 0.29) is 11.9 Å². The van der Waals surface area contributed by atoms with Crippen LogP contribution in [0.1, 0.15) is 37.8 Å². The van der Waals surface area contributed by atoms with Crippen LogP contribution in [0.25, 0.3) is 5.69 Å². The van der Waals surface area contributed by atoms with Crippen molar-refractivity contribution < 1.29 is 9.53 Å². The lowest BCUT2D eigenvalue weighted by molar-refractivity contribution is -0.140. The summed E-state index contributed by atoms with van der Waals surface area (Å²) in [7, 11) is 0. The third-order valence-corrected chi connectivity index (χ3v) is 6.57. The molecule has 1 aliphatic rings. The summed E-state index contributed by atoms with van der Waals surface area (Å²) in [5.74, 6) is 0.306. The second-order valence-corrected chi connectivity index (χ2v) is 8.80. The number of para-hydroxylation sites is 1. The summed E-state index contributed by atoms with van der Waals surface area (Å²) in [5.41, 5.74) is 1.69. The van der Waals surface area contributed by atoms with Crippen molar-refractivity contribution in [3.63, 3.8) is 0 Å². The van der Waals surface area contributed by atoms with E-state index >= 15 is 0 Å². The minimum atomic E-state index is -0.153. The first-order valence-corrected chi connectivity index (χ1v) is 11.1. The first-order chi connectivity index (χ1) is 14.1. The number of carbonyl (C=O) groups is 1. The zero-order valence-electron chi connectivity index (χ0n) is 16.3. The molecule has 0 amide bonds. The molecule has 0 N–H and O–H groups in total. The second-order valence-electron chi connectivity index (χ2n) is 7.28. The first kappa shape index (κ1) is 20.0. The van der Waals surface area contributed by atoms with Gasteiger partial charge in [0.05, 0.1) is 22.2 Å². The van der Waals surface area contributed by atoms with Crippen molar-refractivity contribution in [1.29, 1.82) is 0 Å². The van der Waals surface area contributed by atoms with Gasteiger partial charge in [0.15, 0.2) is 0 Å². The van der Waals surface area contributed by atoms with E-state index in [4.69, 9.17) is 16.3 Å². The maximum Gasteiger partial charge on any atom is 0.315 e. The van der Waals surface area contributed by atoms with E-state index in [1.54, 1.807) is 4.68 Å². The molecule has 2 aromatic carbocycles. The van der Waals surface area contributed by atoms with Crippen molar-refractivity contribution in [2.45, 2.75) is 48.8 Å². The van der Waals surface area contributed by atoms with E-state index in [2.05, 4.69) is 5.10 Å². The van der Waals surface area contributed by atoms with Crippen LogP contribution >= 0.6 is 23.4 Å². The summed E-state index contributed by atoms with van der Waals surface area (Å²) in [5, 5.41) is 5.38.